The average molecular weight is 105 g/mol. The predicted octanol–water partition coefficient (Wildman–Crippen LogP) is 0.643. The highest BCUT2D eigenvalue weighted by Gasteiger charge is 2.02. The molecule has 0 rings (SSSR count). The first-order valence-corrected chi connectivity index (χ1v) is 2.09. The van der Waals surface area contributed by atoms with E-state index in [4.69, 9.17) is 0 Å². The van der Waals surface area contributed by atoms with Crippen LogP contribution in [0.25, 0.3) is 0 Å². The molecule has 0 spiro atoms. The summed E-state index contributed by atoms with van der Waals surface area (Å²) in [4.78, 5) is 10.0. The maximum atomic E-state index is 11.0. The monoisotopic (exact) mass is 105 g/mol. The number of halogens is 1. The molecule has 0 heterocycles. The SMILES string of the molecule is CC(C)C(=O)NF. The Hall–Kier alpha value is -0.600. The van der Waals surface area contributed by atoms with Crippen LogP contribution in [0.1, 0.15) is 13.8 Å². The average Bonchev–Trinajstić information content (AvgIpc) is 1.65. The second-order valence-corrected chi connectivity index (χ2v) is 1.61. The molecule has 0 radical (unpaired) electrons. The van der Waals surface area contributed by atoms with Crippen molar-refractivity contribution in [3.05, 3.63) is 0 Å². The quantitative estimate of drug-likeness (QED) is 0.487. The molecule has 0 aliphatic carbocycles. The van der Waals surface area contributed by atoms with Crippen LogP contribution >= 0.6 is 0 Å². The molecular weight excluding hydrogens is 97.0 g/mol. The van der Waals surface area contributed by atoms with E-state index >= 15 is 0 Å². The van der Waals surface area contributed by atoms with E-state index in [1.165, 1.54) is 0 Å². The van der Waals surface area contributed by atoms with Gasteiger partial charge in [-0.05, 0) is 0 Å². The van der Waals surface area contributed by atoms with Gasteiger partial charge in [0.25, 0.3) is 0 Å². The van der Waals surface area contributed by atoms with E-state index in [1.54, 1.807) is 13.8 Å². The summed E-state index contributed by atoms with van der Waals surface area (Å²) in [6.45, 7) is 3.24. The van der Waals surface area contributed by atoms with Gasteiger partial charge in [0.2, 0.25) is 5.91 Å². The zero-order valence-corrected chi connectivity index (χ0v) is 4.36. The summed E-state index contributed by atoms with van der Waals surface area (Å²) in [6, 6.07) is 0. The van der Waals surface area contributed by atoms with Gasteiger partial charge >= 0.3 is 0 Å². The van der Waals surface area contributed by atoms with E-state index in [0.717, 1.165) is 5.54 Å². The topological polar surface area (TPSA) is 29.1 Å². The van der Waals surface area contributed by atoms with Gasteiger partial charge in [0.05, 0.1) is 0 Å². The fourth-order valence-electron chi connectivity index (χ4n) is 0.109. The molecule has 7 heavy (non-hydrogen) atoms. The molecule has 0 bridgehead atoms. The predicted molar refractivity (Wildman–Crippen MR) is 24.1 cm³/mol. The van der Waals surface area contributed by atoms with Gasteiger partial charge in [0, 0.05) is 5.92 Å². The molecule has 0 aliphatic rings. The second-order valence-electron chi connectivity index (χ2n) is 1.61. The molecular formula is C4H8FNO. The molecule has 0 aromatic rings. The van der Waals surface area contributed by atoms with Crippen molar-refractivity contribution in [1.29, 1.82) is 0 Å². The lowest BCUT2D eigenvalue weighted by molar-refractivity contribution is -0.128. The summed E-state index contributed by atoms with van der Waals surface area (Å²) in [5, 5.41) is 0. The lowest BCUT2D eigenvalue weighted by Crippen LogP contribution is -2.19. The molecule has 0 saturated heterocycles. The Balaban J connectivity index is 3.35. The van der Waals surface area contributed by atoms with E-state index in [-0.39, 0.29) is 5.92 Å². The standard InChI is InChI=1S/C4H8FNO/c1-3(2)4(7)6-5/h3H,1-2H3,(H,6,7). The lowest BCUT2D eigenvalue weighted by Gasteiger charge is -1.95. The van der Waals surface area contributed by atoms with Crippen LogP contribution < -0.4 is 5.54 Å². The minimum Gasteiger partial charge on any atom is -0.272 e. The number of carbonyl (C=O) groups is 1. The number of carbonyl (C=O) groups excluding carboxylic acids is 1. The van der Waals surface area contributed by atoms with E-state index in [2.05, 4.69) is 0 Å². The van der Waals surface area contributed by atoms with Gasteiger partial charge in [0.15, 0.2) is 0 Å². The fourth-order valence-corrected chi connectivity index (χ4v) is 0.109. The highest BCUT2D eigenvalue weighted by atomic mass is 19.2. The van der Waals surface area contributed by atoms with Crippen LogP contribution in [0.4, 0.5) is 4.48 Å². The molecule has 0 unspecified atom stereocenters. The number of hydrogen-bond acceptors (Lipinski definition) is 1. The van der Waals surface area contributed by atoms with Gasteiger partial charge in [-0.25, -0.2) is 0 Å². The van der Waals surface area contributed by atoms with Crippen molar-refractivity contribution in [2.75, 3.05) is 0 Å². The zero-order valence-electron chi connectivity index (χ0n) is 4.36. The van der Waals surface area contributed by atoms with Crippen molar-refractivity contribution in [3.63, 3.8) is 0 Å². The van der Waals surface area contributed by atoms with Crippen LogP contribution in [0.2, 0.25) is 0 Å². The van der Waals surface area contributed by atoms with Gasteiger partial charge in [-0.1, -0.05) is 13.8 Å². The Morgan fingerprint density at radius 3 is 2.14 bits per heavy atom. The normalized spacial score (nSPS) is 9.14. The summed E-state index contributed by atoms with van der Waals surface area (Å²) in [5.41, 5.74) is 1.03. The van der Waals surface area contributed by atoms with Gasteiger partial charge in [-0.2, -0.15) is 5.54 Å². The van der Waals surface area contributed by atoms with Crippen LogP contribution in [-0.2, 0) is 4.79 Å². The van der Waals surface area contributed by atoms with Crippen LogP contribution in [0.3, 0.4) is 0 Å². The summed E-state index contributed by atoms with van der Waals surface area (Å²) in [6.07, 6.45) is 0. The van der Waals surface area contributed by atoms with Crippen LogP contribution in [-0.4, -0.2) is 5.91 Å². The lowest BCUT2D eigenvalue weighted by atomic mass is 10.2. The first-order valence-electron chi connectivity index (χ1n) is 2.09. The number of amides is 1. The maximum Gasteiger partial charge on any atom is 0.250 e. The number of rotatable bonds is 1. The minimum atomic E-state index is -0.569. The third-order valence-electron chi connectivity index (χ3n) is 0.618. The molecule has 0 aromatic heterocycles. The minimum absolute atomic E-state index is 0.259. The van der Waals surface area contributed by atoms with Crippen molar-refractivity contribution >= 4 is 5.91 Å². The van der Waals surface area contributed by atoms with E-state index in [1.807, 2.05) is 0 Å². The molecule has 2 nitrogen and oxygen atoms in total. The van der Waals surface area contributed by atoms with E-state index < -0.39 is 5.91 Å². The molecule has 3 heteroatoms. The Morgan fingerprint density at radius 1 is 1.71 bits per heavy atom. The first-order chi connectivity index (χ1) is 3.18. The molecule has 0 fully saturated rings. The second kappa shape index (κ2) is 2.55. The summed E-state index contributed by atoms with van der Waals surface area (Å²) in [5.74, 6) is -0.829. The van der Waals surface area contributed by atoms with Crippen molar-refractivity contribution < 1.29 is 9.28 Å². The summed E-state index contributed by atoms with van der Waals surface area (Å²) >= 11 is 0. The van der Waals surface area contributed by atoms with Gasteiger partial charge < -0.3 is 0 Å². The molecule has 1 amide bonds. The number of hydrogen-bond donors (Lipinski definition) is 1. The molecule has 1 N–H and O–H groups in total. The Kier molecular flexibility index (Phi) is 2.33. The van der Waals surface area contributed by atoms with Gasteiger partial charge in [0.1, 0.15) is 0 Å². The first kappa shape index (κ1) is 6.40. The molecule has 0 aromatic carbocycles. The van der Waals surface area contributed by atoms with E-state index in [0.29, 0.717) is 0 Å². The Labute approximate surface area is 41.6 Å². The molecule has 0 aliphatic heterocycles. The highest BCUT2D eigenvalue weighted by molar-refractivity contribution is 5.76. The van der Waals surface area contributed by atoms with Crippen LogP contribution in [0.5, 0.6) is 0 Å². The van der Waals surface area contributed by atoms with E-state index in [9.17, 15) is 9.28 Å². The summed E-state index contributed by atoms with van der Waals surface area (Å²) in [7, 11) is 0. The fraction of sp³-hybridized carbons (Fsp3) is 0.750. The highest BCUT2D eigenvalue weighted by Crippen LogP contribution is 1.88. The van der Waals surface area contributed by atoms with Crippen LogP contribution in [0, 0.1) is 5.92 Å². The zero-order chi connectivity index (χ0) is 5.86. The smallest absolute Gasteiger partial charge is 0.250 e. The van der Waals surface area contributed by atoms with Gasteiger partial charge in [-0.3, -0.25) is 4.79 Å². The molecule has 0 saturated carbocycles. The van der Waals surface area contributed by atoms with Crippen molar-refractivity contribution in [2.24, 2.45) is 5.92 Å². The summed E-state index contributed by atoms with van der Waals surface area (Å²) < 4.78 is 11.0. The Bertz CT molecular complexity index is 72.1. The maximum absolute atomic E-state index is 11.0. The van der Waals surface area contributed by atoms with Gasteiger partial charge in [-0.15, -0.1) is 4.48 Å². The Morgan fingerprint density at radius 2 is 2.14 bits per heavy atom. The third-order valence-corrected chi connectivity index (χ3v) is 0.618. The number of nitrogens with one attached hydrogen (secondary N) is 1. The largest absolute Gasteiger partial charge is 0.272 e. The van der Waals surface area contributed by atoms with Crippen molar-refractivity contribution in [1.82, 2.24) is 5.54 Å². The third kappa shape index (κ3) is 2.14. The molecule has 0 atom stereocenters. The van der Waals surface area contributed by atoms with Crippen LogP contribution in [0.15, 0.2) is 0 Å². The molecule has 42 valence electrons. The van der Waals surface area contributed by atoms with Crippen molar-refractivity contribution in [2.45, 2.75) is 13.8 Å². The van der Waals surface area contributed by atoms with Crippen molar-refractivity contribution in [3.8, 4) is 0 Å².